The van der Waals surface area contributed by atoms with Crippen LogP contribution in [0.4, 0.5) is 11.4 Å². The Balaban J connectivity index is 1.65. The van der Waals surface area contributed by atoms with Gasteiger partial charge in [-0.3, -0.25) is 14.5 Å². The van der Waals surface area contributed by atoms with Crippen molar-refractivity contribution >= 4 is 62.7 Å². The Bertz CT molecular complexity index is 809. The number of nitrogens with one attached hydrogen (secondary N) is 1. The molecule has 2 amide bonds. The third-order valence-electron chi connectivity index (χ3n) is 3.62. The molecule has 0 bridgehead atoms. The second-order valence-electron chi connectivity index (χ2n) is 5.49. The van der Waals surface area contributed by atoms with Crippen molar-refractivity contribution < 1.29 is 9.59 Å². The number of amidine groups is 1. The molecular weight excluding hydrogens is 449 g/mol. The summed E-state index contributed by atoms with van der Waals surface area (Å²) in [4.78, 5) is 30.6. The maximum atomic E-state index is 12.4. The number of para-hydroxylation sites is 1. The molecule has 1 heterocycles. The number of carbonyl (C=O) groups is 2. The Morgan fingerprint density at radius 3 is 2.56 bits per heavy atom. The first kappa shape index (κ1) is 17.9. The maximum absolute atomic E-state index is 12.4. The van der Waals surface area contributed by atoms with Crippen LogP contribution in [-0.4, -0.2) is 34.2 Å². The van der Waals surface area contributed by atoms with Crippen LogP contribution in [0.3, 0.4) is 0 Å². The fourth-order valence-corrected chi connectivity index (χ4v) is 3.84. The van der Waals surface area contributed by atoms with Crippen molar-refractivity contribution in [3.05, 3.63) is 58.2 Å². The van der Waals surface area contributed by atoms with Crippen LogP contribution in [0.5, 0.6) is 0 Å². The van der Waals surface area contributed by atoms with Crippen molar-refractivity contribution in [1.82, 2.24) is 4.90 Å². The lowest BCUT2D eigenvalue weighted by Crippen LogP contribution is -2.30. The van der Waals surface area contributed by atoms with Gasteiger partial charge < -0.3 is 5.32 Å². The molecule has 0 unspecified atom stereocenters. The van der Waals surface area contributed by atoms with Gasteiger partial charge >= 0.3 is 0 Å². The number of anilines is 1. The quantitative estimate of drug-likeness (QED) is 0.698. The normalized spacial score (nSPS) is 18.6. The van der Waals surface area contributed by atoms with Gasteiger partial charge in [0.05, 0.1) is 5.69 Å². The first-order valence-corrected chi connectivity index (χ1v) is 9.62. The molecule has 1 aliphatic rings. The van der Waals surface area contributed by atoms with E-state index in [4.69, 9.17) is 0 Å². The van der Waals surface area contributed by atoms with Gasteiger partial charge in [0.25, 0.3) is 0 Å². The molecule has 5 nitrogen and oxygen atoms in total. The average molecular weight is 465 g/mol. The van der Waals surface area contributed by atoms with E-state index in [2.05, 4.69) is 32.9 Å². The second kappa shape index (κ2) is 8.01. The zero-order chi connectivity index (χ0) is 17.8. The lowest BCUT2D eigenvalue weighted by atomic mass is 10.2. The van der Waals surface area contributed by atoms with Gasteiger partial charge in [-0.25, -0.2) is 4.99 Å². The van der Waals surface area contributed by atoms with Crippen LogP contribution in [0.1, 0.15) is 6.42 Å². The molecule has 0 aromatic heterocycles. The number of carbonyl (C=O) groups excluding carboxylic acids is 2. The van der Waals surface area contributed by atoms with Gasteiger partial charge in [-0.1, -0.05) is 30.0 Å². The summed E-state index contributed by atoms with van der Waals surface area (Å²) in [5.74, 6) is -0.279. The van der Waals surface area contributed by atoms with E-state index in [9.17, 15) is 9.59 Å². The Morgan fingerprint density at radius 2 is 1.88 bits per heavy atom. The van der Waals surface area contributed by atoms with Crippen LogP contribution < -0.4 is 5.32 Å². The molecule has 1 saturated heterocycles. The van der Waals surface area contributed by atoms with Gasteiger partial charge in [-0.15, -0.1) is 0 Å². The minimum absolute atomic E-state index is 0.0996. The van der Waals surface area contributed by atoms with Crippen molar-refractivity contribution in [2.45, 2.75) is 11.7 Å². The Kier molecular flexibility index (Phi) is 5.74. The highest BCUT2D eigenvalue weighted by Gasteiger charge is 2.36. The Morgan fingerprint density at radius 1 is 1.20 bits per heavy atom. The molecule has 1 atom stereocenters. The molecule has 128 valence electrons. The minimum Gasteiger partial charge on any atom is -0.326 e. The Labute approximate surface area is 164 Å². The summed E-state index contributed by atoms with van der Waals surface area (Å²) < 4.78 is 1.10. The van der Waals surface area contributed by atoms with Gasteiger partial charge in [0.15, 0.2) is 5.17 Å². The molecule has 2 aromatic rings. The van der Waals surface area contributed by atoms with E-state index in [0.29, 0.717) is 5.17 Å². The smallest absolute Gasteiger partial charge is 0.242 e. The summed E-state index contributed by atoms with van der Waals surface area (Å²) in [6.45, 7) is 0. The van der Waals surface area contributed by atoms with Crippen molar-refractivity contribution in [2.75, 3.05) is 12.4 Å². The monoisotopic (exact) mass is 465 g/mol. The largest absolute Gasteiger partial charge is 0.326 e. The highest BCUT2D eigenvalue weighted by molar-refractivity contribution is 14.1. The predicted octanol–water partition coefficient (Wildman–Crippen LogP) is 3.88. The molecule has 1 fully saturated rings. The number of benzene rings is 2. The number of halogens is 1. The first-order valence-electron chi connectivity index (χ1n) is 7.66. The predicted molar refractivity (Wildman–Crippen MR) is 110 cm³/mol. The molecule has 25 heavy (non-hydrogen) atoms. The van der Waals surface area contributed by atoms with Gasteiger partial charge in [0.2, 0.25) is 11.8 Å². The molecule has 0 radical (unpaired) electrons. The summed E-state index contributed by atoms with van der Waals surface area (Å²) in [6, 6.07) is 17.0. The molecule has 2 aromatic carbocycles. The molecule has 0 spiro atoms. The number of amides is 2. The van der Waals surface area contributed by atoms with E-state index in [1.54, 1.807) is 7.05 Å². The van der Waals surface area contributed by atoms with Crippen LogP contribution in [0.2, 0.25) is 0 Å². The molecular formula is C18H16IN3O2S. The SMILES string of the molecule is CN1C(=O)[C@H](CC(=O)Nc2ccc(I)cc2)SC1=Nc1ccccc1. The average Bonchev–Trinajstić information content (AvgIpc) is 2.86. The molecule has 7 heteroatoms. The summed E-state index contributed by atoms with van der Waals surface area (Å²) in [6.07, 6.45) is 0.119. The molecule has 0 aliphatic carbocycles. The highest BCUT2D eigenvalue weighted by Crippen LogP contribution is 2.30. The molecule has 1 aliphatic heterocycles. The van der Waals surface area contributed by atoms with E-state index in [1.165, 1.54) is 16.7 Å². The Hall–Kier alpha value is -1.87. The molecule has 3 rings (SSSR count). The summed E-state index contributed by atoms with van der Waals surface area (Å²) >= 11 is 3.53. The van der Waals surface area contributed by atoms with Crippen LogP contribution >= 0.6 is 34.4 Å². The van der Waals surface area contributed by atoms with Gasteiger partial charge in [-0.2, -0.15) is 0 Å². The lowest BCUT2D eigenvalue weighted by molar-refractivity contribution is -0.127. The van der Waals surface area contributed by atoms with Crippen LogP contribution in [0.25, 0.3) is 0 Å². The third-order valence-corrected chi connectivity index (χ3v) is 5.57. The summed E-state index contributed by atoms with van der Waals surface area (Å²) in [7, 11) is 1.69. The maximum Gasteiger partial charge on any atom is 0.242 e. The molecule has 0 saturated carbocycles. The van der Waals surface area contributed by atoms with E-state index in [0.717, 1.165) is 14.9 Å². The number of thioether (sulfide) groups is 1. The van der Waals surface area contributed by atoms with Crippen LogP contribution in [0.15, 0.2) is 59.6 Å². The number of hydrogen-bond donors (Lipinski definition) is 1. The van der Waals surface area contributed by atoms with E-state index in [1.807, 2.05) is 54.6 Å². The van der Waals surface area contributed by atoms with Crippen LogP contribution in [0, 0.1) is 3.57 Å². The fraction of sp³-hybridized carbons (Fsp3) is 0.167. The van der Waals surface area contributed by atoms with E-state index in [-0.39, 0.29) is 18.2 Å². The van der Waals surface area contributed by atoms with Gasteiger partial charge in [0, 0.05) is 22.7 Å². The topological polar surface area (TPSA) is 61.8 Å². The summed E-state index contributed by atoms with van der Waals surface area (Å²) in [5, 5.41) is 3.00. The molecule has 1 N–H and O–H groups in total. The van der Waals surface area contributed by atoms with Crippen LogP contribution in [-0.2, 0) is 9.59 Å². The zero-order valence-electron chi connectivity index (χ0n) is 13.5. The third kappa shape index (κ3) is 4.60. The van der Waals surface area contributed by atoms with Crippen molar-refractivity contribution in [2.24, 2.45) is 4.99 Å². The number of aliphatic imine (C=N–C) groups is 1. The zero-order valence-corrected chi connectivity index (χ0v) is 16.5. The number of hydrogen-bond acceptors (Lipinski definition) is 4. The summed E-state index contributed by atoms with van der Waals surface area (Å²) in [5.41, 5.74) is 1.51. The van der Waals surface area contributed by atoms with Crippen molar-refractivity contribution in [3.63, 3.8) is 0 Å². The van der Waals surface area contributed by atoms with Crippen molar-refractivity contribution in [3.8, 4) is 0 Å². The number of rotatable bonds is 4. The second-order valence-corrected chi connectivity index (χ2v) is 7.91. The van der Waals surface area contributed by atoms with Gasteiger partial charge in [0.1, 0.15) is 5.25 Å². The minimum atomic E-state index is -0.448. The number of nitrogens with zero attached hydrogens (tertiary/aromatic N) is 2. The van der Waals surface area contributed by atoms with E-state index >= 15 is 0 Å². The standard InChI is InChI=1S/C18H16IN3O2S/c1-22-17(24)15(25-18(22)21-13-5-3-2-4-6-13)11-16(23)20-14-9-7-12(19)8-10-14/h2-10,15H,11H2,1H3,(H,20,23)/t15-/m0/s1. The van der Waals surface area contributed by atoms with Crippen molar-refractivity contribution in [1.29, 1.82) is 0 Å². The fourth-order valence-electron chi connectivity index (χ4n) is 2.32. The lowest BCUT2D eigenvalue weighted by Gasteiger charge is -2.09. The highest BCUT2D eigenvalue weighted by atomic mass is 127. The van der Waals surface area contributed by atoms with Gasteiger partial charge in [-0.05, 0) is 59.0 Å². The van der Waals surface area contributed by atoms with E-state index < -0.39 is 5.25 Å². The first-order chi connectivity index (χ1) is 12.0.